The van der Waals surface area contributed by atoms with Crippen LogP contribution in [0.5, 0.6) is 0 Å². The fourth-order valence-corrected chi connectivity index (χ4v) is 2.02. The number of carbonyl (C=O) groups is 1. The number of benzene rings is 2. The van der Waals surface area contributed by atoms with E-state index in [1.54, 1.807) is 0 Å². The van der Waals surface area contributed by atoms with E-state index in [1.807, 2.05) is 48.5 Å². The summed E-state index contributed by atoms with van der Waals surface area (Å²) in [5, 5.41) is 0. The Morgan fingerprint density at radius 2 is 1.39 bits per heavy atom. The highest BCUT2D eigenvalue weighted by atomic mass is 16.5. The minimum Gasteiger partial charge on any atom is -0.426 e. The lowest BCUT2D eigenvalue weighted by Gasteiger charge is -2.05. The third kappa shape index (κ3) is 2.05. The topological polar surface area (TPSA) is 26.3 Å². The van der Waals surface area contributed by atoms with Crippen LogP contribution >= 0.6 is 0 Å². The van der Waals surface area contributed by atoms with Gasteiger partial charge in [-0.15, -0.1) is 0 Å². The first kappa shape index (κ1) is 10.8. The molecule has 0 saturated heterocycles. The smallest absolute Gasteiger partial charge is 0.315 e. The zero-order valence-electron chi connectivity index (χ0n) is 9.80. The second-order valence-electron chi connectivity index (χ2n) is 4.19. The molecule has 0 radical (unpaired) electrons. The van der Waals surface area contributed by atoms with Gasteiger partial charge in [-0.3, -0.25) is 4.79 Å². The molecule has 0 unspecified atom stereocenters. The molecule has 1 aliphatic heterocycles. The number of cyclic esters (lactones) is 1. The minimum atomic E-state index is -0.183. The van der Waals surface area contributed by atoms with Crippen molar-refractivity contribution in [3.05, 3.63) is 66.2 Å². The second kappa shape index (κ2) is 4.49. The molecule has 0 aliphatic carbocycles. The first-order valence-electron chi connectivity index (χ1n) is 5.89. The van der Waals surface area contributed by atoms with Gasteiger partial charge >= 0.3 is 5.97 Å². The van der Waals surface area contributed by atoms with Crippen molar-refractivity contribution in [1.82, 2.24) is 0 Å². The molecule has 18 heavy (non-hydrogen) atoms. The summed E-state index contributed by atoms with van der Waals surface area (Å²) in [6, 6.07) is 18.2. The van der Waals surface area contributed by atoms with E-state index in [0.29, 0.717) is 12.2 Å². The van der Waals surface area contributed by atoms with Crippen LogP contribution in [0.3, 0.4) is 0 Å². The summed E-state index contributed by atoms with van der Waals surface area (Å²) >= 11 is 0. The van der Waals surface area contributed by atoms with Gasteiger partial charge in [0.15, 0.2) is 0 Å². The molecule has 88 valence electrons. The van der Waals surface area contributed by atoms with E-state index in [-0.39, 0.29) is 5.97 Å². The van der Waals surface area contributed by atoms with E-state index in [0.717, 1.165) is 11.1 Å². The molecule has 3 rings (SSSR count). The highest BCUT2D eigenvalue weighted by Crippen LogP contribution is 2.25. The standard InChI is InChI=1S/C16H12O2/c17-16-11-10-15(18-16)14-8-6-13(7-9-14)12-4-2-1-3-5-12/h1-10H,11H2. The van der Waals surface area contributed by atoms with Gasteiger partial charge in [0.25, 0.3) is 0 Å². The normalized spacial score (nSPS) is 14.2. The lowest BCUT2D eigenvalue weighted by Crippen LogP contribution is -1.93. The Hall–Kier alpha value is -2.35. The van der Waals surface area contributed by atoms with E-state index >= 15 is 0 Å². The first-order valence-corrected chi connectivity index (χ1v) is 5.89. The predicted octanol–water partition coefficient (Wildman–Crippen LogP) is 3.64. The van der Waals surface area contributed by atoms with Gasteiger partial charge in [0, 0.05) is 5.56 Å². The predicted molar refractivity (Wildman–Crippen MR) is 70.6 cm³/mol. The molecule has 0 bridgehead atoms. The monoisotopic (exact) mass is 236 g/mol. The SMILES string of the molecule is O=C1CC=C(c2ccc(-c3ccccc3)cc2)O1. The Morgan fingerprint density at radius 1 is 0.778 bits per heavy atom. The van der Waals surface area contributed by atoms with Crippen LogP contribution in [0, 0.1) is 0 Å². The van der Waals surface area contributed by atoms with Gasteiger partial charge in [0.05, 0.1) is 6.42 Å². The molecule has 0 fully saturated rings. The van der Waals surface area contributed by atoms with Crippen molar-refractivity contribution in [3.8, 4) is 11.1 Å². The van der Waals surface area contributed by atoms with E-state index in [1.165, 1.54) is 5.56 Å². The number of ether oxygens (including phenoxy) is 1. The van der Waals surface area contributed by atoms with Crippen LogP contribution in [-0.2, 0) is 9.53 Å². The van der Waals surface area contributed by atoms with Gasteiger partial charge in [0.1, 0.15) is 5.76 Å². The van der Waals surface area contributed by atoms with Gasteiger partial charge in [-0.2, -0.15) is 0 Å². The van der Waals surface area contributed by atoms with Crippen molar-refractivity contribution in [1.29, 1.82) is 0 Å². The third-order valence-corrected chi connectivity index (χ3v) is 2.95. The molecule has 0 aromatic heterocycles. The quantitative estimate of drug-likeness (QED) is 0.744. The van der Waals surface area contributed by atoms with Crippen molar-refractivity contribution < 1.29 is 9.53 Å². The maximum atomic E-state index is 11.0. The van der Waals surface area contributed by atoms with Crippen LogP contribution in [0.25, 0.3) is 16.9 Å². The van der Waals surface area contributed by atoms with Crippen molar-refractivity contribution >= 4 is 11.7 Å². The van der Waals surface area contributed by atoms with Gasteiger partial charge in [-0.25, -0.2) is 0 Å². The largest absolute Gasteiger partial charge is 0.426 e. The van der Waals surface area contributed by atoms with Crippen molar-refractivity contribution in [3.63, 3.8) is 0 Å². The maximum absolute atomic E-state index is 11.0. The Balaban J connectivity index is 1.88. The molecule has 2 aromatic carbocycles. The Labute approximate surface area is 106 Å². The van der Waals surface area contributed by atoms with Crippen LogP contribution < -0.4 is 0 Å². The maximum Gasteiger partial charge on any atom is 0.315 e. The number of rotatable bonds is 2. The lowest BCUT2D eigenvalue weighted by molar-refractivity contribution is -0.134. The van der Waals surface area contributed by atoms with Crippen molar-refractivity contribution in [2.75, 3.05) is 0 Å². The number of esters is 1. The van der Waals surface area contributed by atoms with Crippen molar-refractivity contribution in [2.45, 2.75) is 6.42 Å². The second-order valence-corrected chi connectivity index (χ2v) is 4.19. The summed E-state index contributed by atoms with van der Waals surface area (Å²) in [4.78, 5) is 11.0. The average Bonchev–Trinajstić information content (AvgIpc) is 2.87. The molecule has 0 spiro atoms. The fourth-order valence-electron chi connectivity index (χ4n) is 2.02. The molecule has 1 heterocycles. The van der Waals surface area contributed by atoms with Crippen LogP contribution in [0.1, 0.15) is 12.0 Å². The zero-order valence-corrected chi connectivity index (χ0v) is 9.80. The highest BCUT2D eigenvalue weighted by Gasteiger charge is 2.15. The molecule has 0 atom stereocenters. The minimum absolute atomic E-state index is 0.183. The molecule has 1 aliphatic rings. The number of hydrogen-bond donors (Lipinski definition) is 0. The lowest BCUT2D eigenvalue weighted by atomic mass is 10.0. The summed E-state index contributed by atoms with van der Waals surface area (Å²) in [7, 11) is 0. The Morgan fingerprint density at radius 3 is 2.00 bits per heavy atom. The van der Waals surface area contributed by atoms with Gasteiger partial charge < -0.3 is 4.74 Å². The molecule has 0 saturated carbocycles. The van der Waals surface area contributed by atoms with Gasteiger partial charge in [0.2, 0.25) is 0 Å². The van der Waals surface area contributed by atoms with E-state index in [4.69, 9.17) is 4.74 Å². The summed E-state index contributed by atoms with van der Waals surface area (Å²) in [6.45, 7) is 0. The van der Waals surface area contributed by atoms with Crippen molar-refractivity contribution in [2.24, 2.45) is 0 Å². The molecular weight excluding hydrogens is 224 g/mol. The number of carbonyl (C=O) groups excluding carboxylic acids is 1. The summed E-state index contributed by atoms with van der Waals surface area (Å²) in [5.74, 6) is 0.483. The van der Waals surface area contributed by atoms with Crippen LogP contribution in [0.2, 0.25) is 0 Å². The summed E-state index contributed by atoms with van der Waals surface area (Å²) < 4.78 is 5.12. The van der Waals surface area contributed by atoms with E-state index < -0.39 is 0 Å². The van der Waals surface area contributed by atoms with Gasteiger partial charge in [-0.05, 0) is 17.2 Å². The van der Waals surface area contributed by atoms with Crippen LogP contribution in [0.15, 0.2) is 60.7 Å². The molecule has 2 aromatic rings. The summed E-state index contributed by atoms with van der Waals surface area (Å²) in [6.07, 6.45) is 2.19. The molecule has 0 N–H and O–H groups in total. The Bertz CT molecular complexity index is 595. The molecule has 0 amide bonds. The Kier molecular flexibility index (Phi) is 2.69. The van der Waals surface area contributed by atoms with Crippen LogP contribution in [0.4, 0.5) is 0 Å². The first-order chi connectivity index (χ1) is 8.83. The fraction of sp³-hybridized carbons (Fsp3) is 0.0625. The zero-order chi connectivity index (χ0) is 12.4. The molecule has 2 nitrogen and oxygen atoms in total. The highest BCUT2D eigenvalue weighted by molar-refractivity contribution is 5.85. The van der Waals surface area contributed by atoms with E-state index in [2.05, 4.69) is 12.1 Å². The average molecular weight is 236 g/mol. The molecular formula is C16H12O2. The summed E-state index contributed by atoms with van der Waals surface area (Å²) in [5.41, 5.74) is 3.28. The van der Waals surface area contributed by atoms with Crippen LogP contribution in [-0.4, -0.2) is 5.97 Å². The number of hydrogen-bond acceptors (Lipinski definition) is 2. The van der Waals surface area contributed by atoms with E-state index in [9.17, 15) is 4.79 Å². The third-order valence-electron chi connectivity index (χ3n) is 2.95. The van der Waals surface area contributed by atoms with Gasteiger partial charge in [-0.1, -0.05) is 54.6 Å². The molecule has 2 heteroatoms.